The molecular formula is C20H21N5O3S. The van der Waals surface area contributed by atoms with Crippen LogP contribution in [-0.4, -0.2) is 26.9 Å². The minimum Gasteiger partial charge on any atom is -0.497 e. The van der Waals surface area contributed by atoms with Crippen molar-refractivity contribution in [2.24, 2.45) is 0 Å². The van der Waals surface area contributed by atoms with E-state index in [9.17, 15) is 10.1 Å². The van der Waals surface area contributed by atoms with Gasteiger partial charge in [-0.1, -0.05) is 12.1 Å². The molecule has 0 aliphatic rings. The van der Waals surface area contributed by atoms with E-state index >= 15 is 0 Å². The number of anilines is 2. The van der Waals surface area contributed by atoms with Gasteiger partial charge in [0.25, 0.3) is 5.69 Å². The number of methoxy groups -OCH3 is 1. The van der Waals surface area contributed by atoms with Crippen molar-refractivity contribution in [1.29, 1.82) is 0 Å². The van der Waals surface area contributed by atoms with E-state index in [-0.39, 0.29) is 5.69 Å². The summed E-state index contributed by atoms with van der Waals surface area (Å²) in [6.07, 6.45) is 0. The number of nitro benzene ring substituents is 1. The lowest BCUT2D eigenvalue weighted by Crippen LogP contribution is -2.20. The van der Waals surface area contributed by atoms with Crippen LogP contribution in [0, 0.1) is 24.0 Å². The zero-order chi connectivity index (χ0) is 21.0. The average Bonchev–Trinajstić information content (AvgIpc) is 2.96. The summed E-state index contributed by atoms with van der Waals surface area (Å²) in [5.41, 5.74) is 4.35. The molecule has 0 fully saturated rings. The number of thiocarbonyl (C=S) groups is 1. The minimum atomic E-state index is -0.441. The zero-order valence-electron chi connectivity index (χ0n) is 16.3. The number of hydrogen-bond donors (Lipinski definition) is 2. The number of non-ortho nitro benzene ring substituents is 1. The molecule has 0 bridgehead atoms. The summed E-state index contributed by atoms with van der Waals surface area (Å²) >= 11 is 5.38. The summed E-state index contributed by atoms with van der Waals surface area (Å²) in [6.45, 7) is 4.48. The molecule has 1 aromatic heterocycles. The van der Waals surface area contributed by atoms with Crippen molar-refractivity contribution in [3.8, 4) is 5.75 Å². The lowest BCUT2D eigenvalue weighted by atomic mass is 10.2. The van der Waals surface area contributed by atoms with Gasteiger partial charge in [0, 0.05) is 17.8 Å². The average molecular weight is 411 g/mol. The van der Waals surface area contributed by atoms with Crippen molar-refractivity contribution in [3.63, 3.8) is 0 Å². The molecule has 150 valence electrons. The van der Waals surface area contributed by atoms with Gasteiger partial charge >= 0.3 is 0 Å². The van der Waals surface area contributed by atoms with E-state index in [0.29, 0.717) is 17.3 Å². The van der Waals surface area contributed by atoms with Crippen molar-refractivity contribution >= 4 is 34.4 Å². The number of benzene rings is 2. The van der Waals surface area contributed by atoms with Gasteiger partial charge in [0.05, 0.1) is 35.7 Å². The molecular weight excluding hydrogens is 390 g/mol. The number of nitrogens with zero attached hydrogens (tertiary/aromatic N) is 3. The quantitative estimate of drug-likeness (QED) is 0.355. The Balaban J connectivity index is 1.70. The highest BCUT2D eigenvalue weighted by atomic mass is 32.1. The number of aryl methyl sites for hydroxylation is 1. The largest absolute Gasteiger partial charge is 0.497 e. The van der Waals surface area contributed by atoms with Crippen LogP contribution in [0.4, 0.5) is 17.1 Å². The van der Waals surface area contributed by atoms with E-state index in [2.05, 4.69) is 15.7 Å². The third kappa shape index (κ3) is 4.88. The van der Waals surface area contributed by atoms with Crippen LogP contribution in [0.3, 0.4) is 0 Å². The molecule has 0 saturated carbocycles. The maximum absolute atomic E-state index is 10.8. The molecule has 0 saturated heterocycles. The summed E-state index contributed by atoms with van der Waals surface area (Å²) in [7, 11) is 1.64. The first-order valence-corrected chi connectivity index (χ1v) is 9.27. The Bertz CT molecular complexity index is 1050. The standard InChI is InChI=1S/C20H21N5O3S/c1-13-19(22-20(29)21-16-7-9-17(10-8-16)25(26)27)14(2)24(23-13)12-15-5-4-6-18(11-15)28-3/h4-11H,12H2,1-3H3,(H2,21,22,29). The smallest absolute Gasteiger partial charge is 0.269 e. The highest BCUT2D eigenvalue weighted by Crippen LogP contribution is 2.22. The van der Waals surface area contributed by atoms with Crippen LogP contribution in [0.1, 0.15) is 17.0 Å². The Kier molecular flexibility index (Phi) is 6.08. The summed E-state index contributed by atoms with van der Waals surface area (Å²) in [5.74, 6) is 0.802. The first-order valence-electron chi connectivity index (χ1n) is 8.86. The van der Waals surface area contributed by atoms with Crippen molar-refractivity contribution in [1.82, 2.24) is 9.78 Å². The fraction of sp³-hybridized carbons (Fsp3) is 0.200. The van der Waals surface area contributed by atoms with Gasteiger partial charge in [-0.3, -0.25) is 14.8 Å². The first-order chi connectivity index (χ1) is 13.9. The second kappa shape index (κ2) is 8.70. The van der Waals surface area contributed by atoms with Gasteiger partial charge in [-0.05, 0) is 55.9 Å². The van der Waals surface area contributed by atoms with E-state index in [0.717, 1.165) is 28.4 Å². The summed E-state index contributed by atoms with van der Waals surface area (Å²) in [5, 5.41) is 21.9. The van der Waals surface area contributed by atoms with Gasteiger partial charge in [-0.15, -0.1) is 0 Å². The monoisotopic (exact) mass is 411 g/mol. The number of nitro groups is 1. The van der Waals surface area contributed by atoms with Gasteiger partial charge in [0.2, 0.25) is 0 Å². The van der Waals surface area contributed by atoms with E-state index in [1.165, 1.54) is 12.1 Å². The molecule has 3 aromatic rings. The SMILES string of the molecule is COc1cccc(Cn2nc(C)c(NC(=S)Nc3ccc([N+](=O)[O-])cc3)c2C)c1. The molecule has 0 spiro atoms. The van der Waals surface area contributed by atoms with Crippen LogP contribution in [-0.2, 0) is 6.54 Å². The predicted octanol–water partition coefficient (Wildman–Crippen LogP) is 4.27. The summed E-state index contributed by atoms with van der Waals surface area (Å²) in [6, 6.07) is 13.9. The molecule has 0 unspecified atom stereocenters. The van der Waals surface area contributed by atoms with Crippen LogP contribution in [0.25, 0.3) is 0 Å². The number of nitrogens with one attached hydrogen (secondary N) is 2. The Hall–Kier alpha value is -3.46. The minimum absolute atomic E-state index is 0.0277. The van der Waals surface area contributed by atoms with Crippen LogP contribution < -0.4 is 15.4 Å². The second-order valence-corrected chi connectivity index (χ2v) is 6.85. The Morgan fingerprint density at radius 2 is 1.93 bits per heavy atom. The second-order valence-electron chi connectivity index (χ2n) is 6.44. The van der Waals surface area contributed by atoms with Crippen LogP contribution in [0.5, 0.6) is 5.75 Å². The Morgan fingerprint density at radius 1 is 1.21 bits per heavy atom. The van der Waals surface area contributed by atoms with Gasteiger partial charge in [0.15, 0.2) is 5.11 Å². The van der Waals surface area contributed by atoms with E-state index in [1.807, 2.05) is 42.8 Å². The molecule has 1 heterocycles. The Labute approximate surface area is 173 Å². The van der Waals surface area contributed by atoms with Crippen molar-refractivity contribution in [2.75, 3.05) is 17.7 Å². The number of hydrogen-bond acceptors (Lipinski definition) is 5. The van der Waals surface area contributed by atoms with Gasteiger partial charge < -0.3 is 15.4 Å². The van der Waals surface area contributed by atoms with E-state index in [1.54, 1.807) is 19.2 Å². The van der Waals surface area contributed by atoms with Gasteiger partial charge in [-0.25, -0.2) is 0 Å². The van der Waals surface area contributed by atoms with E-state index in [4.69, 9.17) is 17.0 Å². The molecule has 9 heteroatoms. The van der Waals surface area contributed by atoms with Crippen LogP contribution in [0.2, 0.25) is 0 Å². The number of rotatable bonds is 6. The maximum Gasteiger partial charge on any atom is 0.269 e. The fourth-order valence-corrected chi connectivity index (χ4v) is 3.14. The Morgan fingerprint density at radius 3 is 2.59 bits per heavy atom. The molecule has 0 aliphatic carbocycles. The van der Waals surface area contributed by atoms with Crippen molar-refractivity contribution < 1.29 is 9.66 Å². The lowest BCUT2D eigenvalue weighted by Gasteiger charge is -2.11. The third-order valence-corrected chi connectivity index (χ3v) is 4.63. The molecule has 0 aliphatic heterocycles. The molecule has 3 rings (SSSR count). The molecule has 2 aromatic carbocycles. The molecule has 2 N–H and O–H groups in total. The van der Waals surface area contributed by atoms with Crippen molar-refractivity contribution in [2.45, 2.75) is 20.4 Å². The number of ether oxygens (including phenoxy) is 1. The van der Waals surface area contributed by atoms with Crippen LogP contribution >= 0.6 is 12.2 Å². The zero-order valence-corrected chi connectivity index (χ0v) is 17.1. The normalized spacial score (nSPS) is 10.4. The fourth-order valence-electron chi connectivity index (χ4n) is 2.92. The molecule has 8 nitrogen and oxygen atoms in total. The third-order valence-electron chi connectivity index (χ3n) is 4.42. The predicted molar refractivity (Wildman–Crippen MR) is 117 cm³/mol. The van der Waals surface area contributed by atoms with Crippen LogP contribution in [0.15, 0.2) is 48.5 Å². The van der Waals surface area contributed by atoms with E-state index < -0.39 is 4.92 Å². The van der Waals surface area contributed by atoms with Gasteiger partial charge in [0.1, 0.15) is 5.75 Å². The molecule has 0 atom stereocenters. The number of aromatic nitrogens is 2. The first kappa shape index (κ1) is 20.3. The molecule has 0 radical (unpaired) electrons. The van der Waals surface area contributed by atoms with Gasteiger partial charge in [-0.2, -0.15) is 5.10 Å². The highest BCUT2D eigenvalue weighted by Gasteiger charge is 2.14. The molecule has 0 amide bonds. The maximum atomic E-state index is 10.8. The lowest BCUT2D eigenvalue weighted by molar-refractivity contribution is -0.384. The summed E-state index contributed by atoms with van der Waals surface area (Å²) < 4.78 is 7.18. The topological polar surface area (TPSA) is 94.2 Å². The highest BCUT2D eigenvalue weighted by molar-refractivity contribution is 7.80. The molecule has 29 heavy (non-hydrogen) atoms. The summed E-state index contributed by atoms with van der Waals surface area (Å²) in [4.78, 5) is 10.3. The van der Waals surface area contributed by atoms with Crippen molar-refractivity contribution in [3.05, 3.63) is 75.6 Å².